The number of phenols is 1. The number of nitrogens with one attached hydrogen (secondary N) is 1. The number of halogens is 1. The lowest BCUT2D eigenvalue weighted by Gasteiger charge is -2.11. The Labute approximate surface area is 92.3 Å². The van der Waals surface area contributed by atoms with Gasteiger partial charge in [-0.15, -0.1) is 0 Å². The van der Waals surface area contributed by atoms with Crippen molar-refractivity contribution in [2.24, 2.45) is 0 Å². The molecule has 1 atom stereocenters. The van der Waals surface area contributed by atoms with Crippen LogP contribution < -0.4 is 5.32 Å². The van der Waals surface area contributed by atoms with Crippen molar-refractivity contribution in [2.45, 2.75) is 19.4 Å². The molecule has 0 fully saturated rings. The lowest BCUT2D eigenvalue weighted by Crippen LogP contribution is -2.32. The third-order valence-corrected chi connectivity index (χ3v) is 1.98. The van der Waals surface area contributed by atoms with Gasteiger partial charge in [-0.3, -0.25) is 4.79 Å². The Bertz CT molecular complexity index is 440. The number of benzene rings is 1. The summed E-state index contributed by atoms with van der Waals surface area (Å²) in [6, 6.07) is 4.67. The van der Waals surface area contributed by atoms with Gasteiger partial charge in [-0.25, -0.2) is 4.39 Å². The Hall–Kier alpha value is -2.09. The van der Waals surface area contributed by atoms with E-state index in [1.54, 1.807) is 6.92 Å². The highest BCUT2D eigenvalue weighted by molar-refractivity contribution is 5.96. The average Bonchev–Trinajstić information content (AvgIpc) is 2.21. The SMILES string of the molecule is CC(CC#N)NC(=O)c1cc(F)ccc1O. The van der Waals surface area contributed by atoms with Crippen LogP contribution in [-0.4, -0.2) is 17.1 Å². The zero-order chi connectivity index (χ0) is 12.1. The van der Waals surface area contributed by atoms with Crippen LogP contribution in [0.2, 0.25) is 0 Å². The molecule has 0 aliphatic carbocycles. The summed E-state index contributed by atoms with van der Waals surface area (Å²) >= 11 is 0. The summed E-state index contributed by atoms with van der Waals surface area (Å²) in [5, 5.41) is 20.2. The molecule has 0 spiro atoms. The molecule has 0 radical (unpaired) electrons. The van der Waals surface area contributed by atoms with E-state index in [1.807, 2.05) is 6.07 Å². The maximum Gasteiger partial charge on any atom is 0.255 e. The van der Waals surface area contributed by atoms with E-state index >= 15 is 0 Å². The minimum Gasteiger partial charge on any atom is -0.507 e. The van der Waals surface area contributed by atoms with Gasteiger partial charge in [0.15, 0.2) is 0 Å². The van der Waals surface area contributed by atoms with Crippen molar-refractivity contribution in [3.05, 3.63) is 29.6 Å². The predicted octanol–water partition coefficient (Wildman–Crippen LogP) is 1.56. The van der Waals surface area contributed by atoms with Gasteiger partial charge in [0.2, 0.25) is 0 Å². The minimum absolute atomic E-state index is 0.134. The lowest BCUT2D eigenvalue weighted by molar-refractivity contribution is 0.0937. The molecule has 2 N–H and O–H groups in total. The summed E-state index contributed by atoms with van der Waals surface area (Å²) in [4.78, 5) is 11.6. The molecule has 16 heavy (non-hydrogen) atoms. The van der Waals surface area contributed by atoms with Crippen LogP contribution in [-0.2, 0) is 0 Å². The number of phenolic OH excluding ortho intramolecular Hbond substituents is 1. The zero-order valence-electron chi connectivity index (χ0n) is 8.70. The molecule has 1 amide bonds. The standard InChI is InChI=1S/C11H11FN2O2/c1-7(4-5-13)14-11(16)9-6-8(12)2-3-10(9)15/h2-3,6-7,15H,4H2,1H3,(H,14,16). The van der Waals surface area contributed by atoms with Gasteiger partial charge in [-0.1, -0.05) is 0 Å². The molecule has 0 saturated heterocycles. The molecular formula is C11H11FN2O2. The number of rotatable bonds is 3. The Morgan fingerprint density at radius 3 is 3.00 bits per heavy atom. The Balaban J connectivity index is 2.81. The number of nitrogens with zero attached hydrogens (tertiary/aromatic N) is 1. The van der Waals surface area contributed by atoms with Gasteiger partial charge in [-0.05, 0) is 25.1 Å². The van der Waals surface area contributed by atoms with Crippen LogP contribution in [0, 0.1) is 17.1 Å². The largest absolute Gasteiger partial charge is 0.507 e. The van der Waals surface area contributed by atoms with Gasteiger partial charge in [-0.2, -0.15) is 5.26 Å². The maximum absolute atomic E-state index is 12.8. The van der Waals surface area contributed by atoms with E-state index in [0.717, 1.165) is 18.2 Å². The van der Waals surface area contributed by atoms with Crippen molar-refractivity contribution in [2.75, 3.05) is 0 Å². The number of carbonyl (C=O) groups excluding carboxylic acids is 1. The minimum atomic E-state index is -0.601. The van der Waals surface area contributed by atoms with Gasteiger partial charge in [0.05, 0.1) is 18.1 Å². The van der Waals surface area contributed by atoms with E-state index in [0.29, 0.717) is 0 Å². The zero-order valence-corrected chi connectivity index (χ0v) is 8.70. The van der Waals surface area contributed by atoms with E-state index in [-0.39, 0.29) is 23.8 Å². The highest BCUT2D eigenvalue weighted by atomic mass is 19.1. The van der Waals surface area contributed by atoms with Crippen LogP contribution >= 0.6 is 0 Å². The van der Waals surface area contributed by atoms with E-state index < -0.39 is 11.7 Å². The molecule has 0 aliphatic rings. The van der Waals surface area contributed by atoms with Gasteiger partial charge in [0, 0.05) is 6.04 Å². The molecule has 0 bridgehead atoms. The summed E-state index contributed by atoms with van der Waals surface area (Å²) in [5.41, 5.74) is -0.134. The third-order valence-electron chi connectivity index (χ3n) is 1.98. The van der Waals surface area contributed by atoms with Crippen molar-refractivity contribution in [1.82, 2.24) is 5.32 Å². The molecule has 5 heteroatoms. The van der Waals surface area contributed by atoms with Gasteiger partial charge in [0.25, 0.3) is 5.91 Å². The van der Waals surface area contributed by atoms with Crippen molar-refractivity contribution < 1.29 is 14.3 Å². The van der Waals surface area contributed by atoms with Crippen molar-refractivity contribution in [3.8, 4) is 11.8 Å². The van der Waals surface area contributed by atoms with Crippen LogP contribution in [0.4, 0.5) is 4.39 Å². The van der Waals surface area contributed by atoms with Crippen LogP contribution in [0.25, 0.3) is 0 Å². The summed E-state index contributed by atoms with van der Waals surface area (Å²) in [5.74, 6) is -1.49. The number of carbonyl (C=O) groups is 1. The molecular weight excluding hydrogens is 211 g/mol. The number of aromatic hydroxyl groups is 1. The number of nitriles is 1. The molecule has 1 rings (SSSR count). The second-order valence-electron chi connectivity index (χ2n) is 3.40. The van der Waals surface area contributed by atoms with E-state index in [9.17, 15) is 14.3 Å². The van der Waals surface area contributed by atoms with Crippen LogP contribution in [0.5, 0.6) is 5.75 Å². The van der Waals surface area contributed by atoms with Crippen LogP contribution in [0.1, 0.15) is 23.7 Å². The first kappa shape index (κ1) is 12.0. The summed E-state index contributed by atoms with van der Waals surface area (Å²) in [6.07, 6.45) is 0.155. The smallest absolute Gasteiger partial charge is 0.255 e. The fraction of sp³-hybridized carbons (Fsp3) is 0.273. The van der Waals surface area contributed by atoms with Crippen LogP contribution in [0.3, 0.4) is 0 Å². The monoisotopic (exact) mass is 222 g/mol. The summed E-state index contributed by atoms with van der Waals surface area (Å²) < 4.78 is 12.8. The average molecular weight is 222 g/mol. The third kappa shape index (κ3) is 2.95. The van der Waals surface area contributed by atoms with E-state index in [2.05, 4.69) is 5.32 Å². The first-order chi connectivity index (χ1) is 7.54. The molecule has 0 heterocycles. The lowest BCUT2D eigenvalue weighted by atomic mass is 10.1. The first-order valence-corrected chi connectivity index (χ1v) is 4.71. The van der Waals surface area contributed by atoms with Gasteiger partial charge >= 0.3 is 0 Å². The molecule has 0 aliphatic heterocycles. The molecule has 84 valence electrons. The van der Waals surface area contributed by atoms with Crippen molar-refractivity contribution >= 4 is 5.91 Å². The first-order valence-electron chi connectivity index (χ1n) is 4.71. The number of hydrogen-bond donors (Lipinski definition) is 2. The van der Waals surface area contributed by atoms with Gasteiger partial charge < -0.3 is 10.4 Å². The normalized spacial score (nSPS) is 11.6. The van der Waals surface area contributed by atoms with E-state index in [4.69, 9.17) is 5.26 Å². The molecule has 0 aromatic heterocycles. The molecule has 1 aromatic rings. The van der Waals surface area contributed by atoms with E-state index in [1.165, 1.54) is 0 Å². The van der Waals surface area contributed by atoms with Crippen molar-refractivity contribution in [3.63, 3.8) is 0 Å². The fourth-order valence-electron chi connectivity index (χ4n) is 1.18. The topological polar surface area (TPSA) is 73.1 Å². The summed E-state index contributed by atoms with van der Waals surface area (Å²) in [7, 11) is 0. The summed E-state index contributed by atoms with van der Waals surface area (Å²) in [6.45, 7) is 1.65. The quantitative estimate of drug-likeness (QED) is 0.815. The van der Waals surface area contributed by atoms with Crippen LogP contribution in [0.15, 0.2) is 18.2 Å². The van der Waals surface area contributed by atoms with Gasteiger partial charge in [0.1, 0.15) is 11.6 Å². The molecule has 1 unspecified atom stereocenters. The van der Waals surface area contributed by atoms with Crippen molar-refractivity contribution in [1.29, 1.82) is 5.26 Å². The number of hydrogen-bond acceptors (Lipinski definition) is 3. The molecule has 1 aromatic carbocycles. The number of amides is 1. The maximum atomic E-state index is 12.8. The Kier molecular flexibility index (Phi) is 3.84. The second kappa shape index (κ2) is 5.12. The fourth-order valence-corrected chi connectivity index (χ4v) is 1.18. The Morgan fingerprint density at radius 1 is 1.69 bits per heavy atom. The highest BCUT2D eigenvalue weighted by Gasteiger charge is 2.14. The second-order valence-corrected chi connectivity index (χ2v) is 3.40. The Morgan fingerprint density at radius 2 is 2.38 bits per heavy atom. The molecule has 4 nitrogen and oxygen atoms in total. The predicted molar refractivity (Wildman–Crippen MR) is 55.2 cm³/mol. The highest BCUT2D eigenvalue weighted by Crippen LogP contribution is 2.17. The molecule has 0 saturated carbocycles.